The molecule has 0 aromatic carbocycles. The highest BCUT2D eigenvalue weighted by molar-refractivity contribution is 5.27. The fourth-order valence-corrected chi connectivity index (χ4v) is 2.61. The molecule has 110 valence electrons. The van der Waals surface area contributed by atoms with Crippen LogP contribution in [0.1, 0.15) is 41.9 Å². The summed E-state index contributed by atoms with van der Waals surface area (Å²) in [4.78, 5) is 0. The maximum absolute atomic E-state index is 4.49. The number of hydrogen-bond donors (Lipinski definition) is 1. The lowest BCUT2D eigenvalue weighted by Crippen LogP contribution is -2.19. The number of aryl methyl sites for hydroxylation is 3. The molecule has 0 saturated heterocycles. The molecule has 0 saturated carbocycles. The minimum atomic E-state index is 0.280. The average molecular weight is 275 g/mol. The first-order chi connectivity index (χ1) is 9.56. The summed E-state index contributed by atoms with van der Waals surface area (Å²) < 4.78 is 3.97. The summed E-state index contributed by atoms with van der Waals surface area (Å²) in [7, 11) is 4.00. The second-order valence-electron chi connectivity index (χ2n) is 5.36. The SMILES string of the molecule is CCCn1cc(C(Cc2c(C)nn(C)c2C)NC)cn1. The van der Waals surface area contributed by atoms with Gasteiger partial charge in [-0.3, -0.25) is 9.36 Å². The third-order valence-corrected chi connectivity index (χ3v) is 3.92. The summed E-state index contributed by atoms with van der Waals surface area (Å²) in [6.45, 7) is 7.35. The van der Waals surface area contributed by atoms with Crippen LogP contribution < -0.4 is 5.32 Å². The van der Waals surface area contributed by atoms with E-state index in [1.165, 1.54) is 16.8 Å². The zero-order valence-corrected chi connectivity index (χ0v) is 13.1. The Kier molecular flexibility index (Phi) is 4.60. The molecule has 2 aromatic rings. The Morgan fingerprint density at radius 2 is 2.10 bits per heavy atom. The van der Waals surface area contributed by atoms with Crippen LogP contribution in [0, 0.1) is 13.8 Å². The summed E-state index contributed by atoms with van der Waals surface area (Å²) in [5.74, 6) is 0. The summed E-state index contributed by atoms with van der Waals surface area (Å²) in [5, 5.41) is 12.3. The number of nitrogens with one attached hydrogen (secondary N) is 1. The van der Waals surface area contributed by atoms with Crippen molar-refractivity contribution in [1.82, 2.24) is 24.9 Å². The minimum Gasteiger partial charge on any atom is -0.313 e. The van der Waals surface area contributed by atoms with E-state index in [4.69, 9.17) is 0 Å². The van der Waals surface area contributed by atoms with Crippen LogP contribution >= 0.6 is 0 Å². The van der Waals surface area contributed by atoms with Crippen LogP contribution in [0.4, 0.5) is 0 Å². The van der Waals surface area contributed by atoms with E-state index in [9.17, 15) is 0 Å². The maximum Gasteiger partial charge on any atom is 0.0629 e. The molecule has 0 spiro atoms. The molecule has 20 heavy (non-hydrogen) atoms. The maximum atomic E-state index is 4.49. The Bertz CT molecular complexity index is 567. The van der Waals surface area contributed by atoms with Gasteiger partial charge in [0, 0.05) is 37.1 Å². The summed E-state index contributed by atoms with van der Waals surface area (Å²) in [5.41, 5.74) is 4.92. The molecule has 1 atom stereocenters. The highest BCUT2D eigenvalue weighted by atomic mass is 15.3. The molecule has 0 radical (unpaired) electrons. The van der Waals surface area contributed by atoms with E-state index in [-0.39, 0.29) is 6.04 Å². The molecule has 0 aliphatic carbocycles. The van der Waals surface area contributed by atoms with E-state index in [1.54, 1.807) is 0 Å². The van der Waals surface area contributed by atoms with Crippen molar-refractivity contribution >= 4 is 0 Å². The Morgan fingerprint density at radius 3 is 2.65 bits per heavy atom. The van der Waals surface area contributed by atoms with Gasteiger partial charge in [-0.15, -0.1) is 0 Å². The summed E-state index contributed by atoms with van der Waals surface area (Å²) >= 11 is 0. The number of nitrogens with zero attached hydrogens (tertiary/aromatic N) is 4. The number of hydrogen-bond acceptors (Lipinski definition) is 3. The van der Waals surface area contributed by atoms with Crippen LogP contribution in [0.2, 0.25) is 0 Å². The van der Waals surface area contributed by atoms with Crippen molar-refractivity contribution in [1.29, 1.82) is 0 Å². The Morgan fingerprint density at radius 1 is 1.35 bits per heavy atom. The smallest absolute Gasteiger partial charge is 0.0629 e. The molecule has 0 aliphatic heterocycles. The van der Waals surface area contributed by atoms with E-state index in [1.807, 2.05) is 29.7 Å². The fraction of sp³-hybridized carbons (Fsp3) is 0.600. The molecule has 0 bridgehead atoms. The van der Waals surface area contributed by atoms with Crippen molar-refractivity contribution in [2.24, 2.45) is 7.05 Å². The van der Waals surface area contributed by atoms with E-state index in [2.05, 4.69) is 42.5 Å². The zero-order valence-electron chi connectivity index (χ0n) is 13.1. The van der Waals surface area contributed by atoms with Crippen LogP contribution in [-0.2, 0) is 20.0 Å². The van der Waals surface area contributed by atoms with Gasteiger partial charge in [-0.1, -0.05) is 6.92 Å². The molecular formula is C15H25N5. The quantitative estimate of drug-likeness (QED) is 0.878. The predicted octanol–water partition coefficient (Wildman–Crippen LogP) is 2.15. The molecule has 2 heterocycles. The highest BCUT2D eigenvalue weighted by Gasteiger charge is 2.17. The lowest BCUT2D eigenvalue weighted by atomic mass is 10.0. The first-order valence-corrected chi connectivity index (χ1v) is 7.25. The second kappa shape index (κ2) is 6.22. The van der Waals surface area contributed by atoms with Gasteiger partial charge in [0.2, 0.25) is 0 Å². The predicted molar refractivity (Wildman–Crippen MR) is 80.7 cm³/mol. The Balaban J connectivity index is 2.19. The number of aromatic nitrogens is 4. The largest absolute Gasteiger partial charge is 0.313 e. The van der Waals surface area contributed by atoms with Crippen molar-refractivity contribution in [3.05, 3.63) is 34.9 Å². The van der Waals surface area contributed by atoms with Crippen molar-refractivity contribution in [3.8, 4) is 0 Å². The van der Waals surface area contributed by atoms with Crippen molar-refractivity contribution in [2.75, 3.05) is 7.05 Å². The monoisotopic (exact) mass is 275 g/mol. The van der Waals surface area contributed by atoms with Gasteiger partial charge in [0.05, 0.1) is 11.9 Å². The third kappa shape index (κ3) is 2.93. The molecule has 2 aromatic heterocycles. The van der Waals surface area contributed by atoms with Gasteiger partial charge in [0.15, 0.2) is 0 Å². The van der Waals surface area contributed by atoms with Crippen molar-refractivity contribution in [3.63, 3.8) is 0 Å². The molecule has 1 unspecified atom stereocenters. The van der Waals surface area contributed by atoms with Gasteiger partial charge in [0.1, 0.15) is 0 Å². The number of rotatable bonds is 6. The van der Waals surface area contributed by atoms with E-state index < -0.39 is 0 Å². The Hall–Kier alpha value is -1.62. The Labute approximate surface area is 121 Å². The molecule has 2 rings (SSSR count). The lowest BCUT2D eigenvalue weighted by molar-refractivity contribution is 0.579. The fourth-order valence-electron chi connectivity index (χ4n) is 2.61. The standard InChI is InChI=1S/C15H25N5/c1-6-7-20-10-13(9-17-20)15(16-4)8-14-11(2)18-19(5)12(14)3/h9-10,15-16H,6-8H2,1-5H3. The third-order valence-electron chi connectivity index (χ3n) is 3.92. The molecule has 0 amide bonds. The first kappa shape index (κ1) is 14.8. The van der Waals surface area contributed by atoms with Crippen LogP contribution in [-0.4, -0.2) is 26.6 Å². The normalized spacial score (nSPS) is 12.8. The van der Waals surface area contributed by atoms with Gasteiger partial charge in [-0.05, 0) is 39.3 Å². The summed E-state index contributed by atoms with van der Waals surface area (Å²) in [6, 6.07) is 0.280. The van der Waals surface area contributed by atoms with Crippen LogP contribution in [0.15, 0.2) is 12.4 Å². The molecule has 0 aliphatic rings. The van der Waals surface area contributed by atoms with Crippen LogP contribution in [0.3, 0.4) is 0 Å². The molecule has 5 nitrogen and oxygen atoms in total. The second-order valence-corrected chi connectivity index (χ2v) is 5.36. The molecule has 1 N–H and O–H groups in total. The topological polar surface area (TPSA) is 47.7 Å². The van der Waals surface area contributed by atoms with E-state index in [0.29, 0.717) is 0 Å². The van der Waals surface area contributed by atoms with Crippen molar-refractivity contribution < 1.29 is 0 Å². The highest BCUT2D eigenvalue weighted by Crippen LogP contribution is 2.22. The van der Waals surface area contributed by atoms with E-state index in [0.717, 1.165) is 25.1 Å². The van der Waals surface area contributed by atoms with Crippen molar-refractivity contribution in [2.45, 2.75) is 46.2 Å². The van der Waals surface area contributed by atoms with Crippen LogP contribution in [0.5, 0.6) is 0 Å². The zero-order chi connectivity index (χ0) is 14.7. The molecule has 5 heteroatoms. The molecule has 0 fully saturated rings. The molecular weight excluding hydrogens is 250 g/mol. The van der Waals surface area contributed by atoms with Gasteiger partial charge in [0.25, 0.3) is 0 Å². The first-order valence-electron chi connectivity index (χ1n) is 7.25. The minimum absolute atomic E-state index is 0.280. The van der Waals surface area contributed by atoms with E-state index >= 15 is 0 Å². The van der Waals surface area contributed by atoms with Gasteiger partial charge >= 0.3 is 0 Å². The van der Waals surface area contributed by atoms with Gasteiger partial charge in [-0.2, -0.15) is 10.2 Å². The van der Waals surface area contributed by atoms with Gasteiger partial charge in [-0.25, -0.2) is 0 Å². The summed E-state index contributed by atoms with van der Waals surface area (Å²) in [6.07, 6.45) is 6.16. The lowest BCUT2D eigenvalue weighted by Gasteiger charge is -2.14. The van der Waals surface area contributed by atoms with Gasteiger partial charge < -0.3 is 5.32 Å². The average Bonchev–Trinajstić information content (AvgIpc) is 2.96. The van der Waals surface area contributed by atoms with Crippen LogP contribution in [0.25, 0.3) is 0 Å². The number of likely N-dealkylation sites (N-methyl/N-ethyl adjacent to an activating group) is 1.